The van der Waals surface area contributed by atoms with Gasteiger partial charge in [0.25, 0.3) is 0 Å². The minimum absolute atomic E-state index is 0.923. The van der Waals surface area contributed by atoms with Crippen LogP contribution in [0.15, 0.2) is 16.6 Å². The number of alkyl halides is 1. The van der Waals surface area contributed by atoms with Gasteiger partial charge >= 0.3 is 0 Å². The number of hydrogen-bond donors (Lipinski definition) is 0. The smallest absolute Gasteiger partial charge is 0.0283 e. The maximum absolute atomic E-state index is 3.52. The van der Waals surface area contributed by atoms with Crippen LogP contribution in [0.2, 0.25) is 0 Å². The molecule has 0 unspecified atom stereocenters. The van der Waals surface area contributed by atoms with Gasteiger partial charge in [0.15, 0.2) is 0 Å². The molecule has 0 aliphatic rings. The Balaban J connectivity index is 3.21. The molecule has 0 aliphatic heterocycles. The average molecular weight is 278 g/mol. The lowest BCUT2D eigenvalue weighted by molar-refractivity contribution is 1.27. The highest BCUT2D eigenvalue weighted by Gasteiger charge is 1.99. The molecule has 0 atom stereocenters. The van der Waals surface area contributed by atoms with E-state index in [-0.39, 0.29) is 0 Å². The van der Waals surface area contributed by atoms with Crippen LogP contribution in [0.5, 0.6) is 0 Å². The van der Waals surface area contributed by atoms with Crippen LogP contribution in [-0.2, 0) is 5.33 Å². The normalized spacial score (nSPS) is 10.2. The van der Waals surface area contributed by atoms with E-state index >= 15 is 0 Å². The Hall–Kier alpha value is 0.180. The Kier molecular flexibility index (Phi) is 3.14. The summed E-state index contributed by atoms with van der Waals surface area (Å²) in [5.41, 5.74) is 3.99. The second-order valence-corrected chi connectivity index (χ2v) is 4.07. The number of rotatable bonds is 1. The third-order valence-electron chi connectivity index (χ3n) is 1.82. The summed E-state index contributed by atoms with van der Waals surface area (Å²) in [7, 11) is 0. The summed E-state index contributed by atoms with van der Waals surface area (Å²) in [5.74, 6) is 0. The molecule has 2 heteroatoms. The third kappa shape index (κ3) is 2.06. The summed E-state index contributed by atoms with van der Waals surface area (Å²) in [6.07, 6.45) is 0. The van der Waals surface area contributed by atoms with Crippen LogP contribution in [0.1, 0.15) is 16.7 Å². The Labute approximate surface area is 84.3 Å². The van der Waals surface area contributed by atoms with Crippen molar-refractivity contribution in [3.05, 3.63) is 33.3 Å². The average Bonchev–Trinajstić information content (AvgIpc) is 1.99. The van der Waals surface area contributed by atoms with Crippen molar-refractivity contribution in [2.75, 3.05) is 0 Å². The molecule has 0 saturated carbocycles. The summed E-state index contributed by atoms with van der Waals surface area (Å²) in [5, 5.41) is 0.923. The highest BCUT2D eigenvalue weighted by Crippen LogP contribution is 2.22. The highest BCUT2D eigenvalue weighted by atomic mass is 79.9. The second kappa shape index (κ2) is 3.72. The van der Waals surface area contributed by atoms with E-state index in [1.54, 1.807) is 0 Å². The minimum Gasteiger partial charge on any atom is -0.0876 e. The molecule has 60 valence electrons. The van der Waals surface area contributed by atoms with Gasteiger partial charge in [0.05, 0.1) is 0 Å². The van der Waals surface area contributed by atoms with Gasteiger partial charge in [-0.3, -0.25) is 0 Å². The fraction of sp³-hybridized carbons (Fsp3) is 0.333. The lowest BCUT2D eigenvalue weighted by Crippen LogP contribution is -1.86. The van der Waals surface area contributed by atoms with E-state index in [1.807, 2.05) is 0 Å². The summed E-state index contributed by atoms with van der Waals surface area (Å²) in [4.78, 5) is 0. The molecule has 0 N–H and O–H groups in total. The first-order valence-electron chi connectivity index (χ1n) is 3.46. The van der Waals surface area contributed by atoms with Crippen LogP contribution in [0.25, 0.3) is 0 Å². The van der Waals surface area contributed by atoms with Crippen LogP contribution in [0.3, 0.4) is 0 Å². The lowest BCUT2D eigenvalue weighted by Gasteiger charge is -2.04. The Morgan fingerprint density at radius 3 is 2.36 bits per heavy atom. The van der Waals surface area contributed by atoms with E-state index in [0.29, 0.717) is 0 Å². The fourth-order valence-electron chi connectivity index (χ4n) is 0.965. The van der Waals surface area contributed by atoms with Gasteiger partial charge in [-0.2, -0.15) is 0 Å². The summed E-state index contributed by atoms with van der Waals surface area (Å²) >= 11 is 6.95. The maximum Gasteiger partial charge on any atom is 0.0283 e. The van der Waals surface area contributed by atoms with Crippen molar-refractivity contribution in [1.82, 2.24) is 0 Å². The van der Waals surface area contributed by atoms with Crippen LogP contribution in [-0.4, -0.2) is 0 Å². The van der Waals surface area contributed by atoms with E-state index in [9.17, 15) is 0 Å². The molecule has 0 spiro atoms. The SMILES string of the molecule is Cc1cc(CBr)cc(Br)c1C. The van der Waals surface area contributed by atoms with Gasteiger partial charge in [0.2, 0.25) is 0 Å². The van der Waals surface area contributed by atoms with Crippen LogP contribution < -0.4 is 0 Å². The second-order valence-electron chi connectivity index (χ2n) is 2.65. The third-order valence-corrected chi connectivity index (χ3v) is 3.29. The zero-order valence-corrected chi connectivity index (χ0v) is 9.79. The van der Waals surface area contributed by atoms with Crippen molar-refractivity contribution in [1.29, 1.82) is 0 Å². The van der Waals surface area contributed by atoms with Crippen molar-refractivity contribution >= 4 is 31.9 Å². The van der Waals surface area contributed by atoms with Crippen LogP contribution in [0.4, 0.5) is 0 Å². The van der Waals surface area contributed by atoms with E-state index in [2.05, 4.69) is 57.8 Å². The standard InChI is InChI=1S/C9H10Br2/c1-6-3-8(5-10)4-9(11)7(6)2/h3-4H,5H2,1-2H3. The molecular weight excluding hydrogens is 268 g/mol. The molecule has 1 rings (SSSR count). The number of halogens is 2. The van der Waals surface area contributed by atoms with Crippen molar-refractivity contribution in [3.8, 4) is 0 Å². The van der Waals surface area contributed by atoms with Gasteiger partial charge in [0, 0.05) is 9.80 Å². The molecule has 0 radical (unpaired) electrons. The monoisotopic (exact) mass is 276 g/mol. The minimum atomic E-state index is 0.923. The number of aryl methyl sites for hydroxylation is 1. The van der Waals surface area contributed by atoms with Gasteiger partial charge < -0.3 is 0 Å². The Bertz CT molecular complexity index is 243. The largest absolute Gasteiger partial charge is 0.0876 e. The molecule has 1 aromatic carbocycles. The van der Waals surface area contributed by atoms with Gasteiger partial charge in [-0.1, -0.05) is 37.9 Å². The fourth-order valence-corrected chi connectivity index (χ4v) is 1.90. The van der Waals surface area contributed by atoms with Crippen LogP contribution >= 0.6 is 31.9 Å². The van der Waals surface area contributed by atoms with Crippen molar-refractivity contribution in [2.45, 2.75) is 19.2 Å². The predicted molar refractivity (Wildman–Crippen MR) is 56.2 cm³/mol. The quantitative estimate of drug-likeness (QED) is 0.682. The first-order chi connectivity index (χ1) is 5.15. The Morgan fingerprint density at radius 2 is 1.91 bits per heavy atom. The molecule has 0 aliphatic carbocycles. The topological polar surface area (TPSA) is 0 Å². The Morgan fingerprint density at radius 1 is 1.27 bits per heavy atom. The molecule has 0 amide bonds. The lowest BCUT2D eigenvalue weighted by atomic mass is 10.1. The van der Waals surface area contributed by atoms with Crippen molar-refractivity contribution in [3.63, 3.8) is 0 Å². The predicted octanol–water partition coefficient (Wildman–Crippen LogP) is 3.96. The summed E-state index contributed by atoms with van der Waals surface area (Å²) in [6, 6.07) is 4.35. The summed E-state index contributed by atoms with van der Waals surface area (Å²) < 4.78 is 1.20. The van der Waals surface area contributed by atoms with Crippen LogP contribution in [0, 0.1) is 13.8 Å². The molecule has 0 saturated heterocycles. The molecule has 0 bridgehead atoms. The van der Waals surface area contributed by atoms with E-state index in [0.717, 1.165) is 5.33 Å². The van der Waals surface area contributed by atoms with Gasteiger partial charge in [0.1, 0.15) is 0 Å². The molecule has 0 fully saturated rings. The van der Waals surface area contributed by atoms with Crippen molar-refractivity contribution in [2.24, 2.45) is 0 Å². The molecular formula is C9H10Br2. The maximum atomic E-state index is 3.52. The molecule has 0 aromatic heterocycles. The zero-order chi connectivity index (χ0) is 8.43. The number of hydrogen-bond acceptors (Lipinski definition) is 0. The number of benzene rings is 1. The zero-order valence-electron chi connectivity index (χ0n) is 6.62. The summed E-state index contributed by atoms with van der Waals surface area (Å²) in [6.45, 7) is 4.25. The first kappa shape index (κ1) is 9.27. The molecule has 11 heavy (non-hydrogen) atoms. The van der Waals surface area contributed by atoms with Crippen molar-refractivity contribution < 1.29 is 0 Å². The molecule has 0 heterocycles. The highest BCUT2D eigenvalue weighted by molar-refractivity contribution is 9.10. The van der Waals surface area contributed by atoms with E-state index in [1.165, 1.54) is 21.2 Å². The molecule has 1 aromatic rings. The van der Waals surface area contributed by atoms with E-state index in [4.69, 9.17) is 0 Å². The van der Waals surface area contributed by atoms with Gasteiger partial charge in [-0.05, 0) is 36.6 Å². The van der Waals surface area contributed by atoms with E-state index < -0.39 is 0 Å². The van der Waals surface area contributed by atoms with Gasteiger partial charge in [-0.25, -0.2) is 0 Å². The van der Waals surface area contributed by atoms with Gasteiger partial charge in [-0.15, -0.1) is 0 Å². The molecule has 0 nitrogen and oxygen atoms in total. The first-order valence-corrected chi connectivity index (χ1v) is 5.38.